The first-order valence-corrected chi connectivity index (χ1v) is 7.33. The van der Waals surface area contributed by atoms with Crippen LogP contribution in [0, 0.1) is 6.92 Å². The van der Waals surface area contributed by atoms with Crippen LogP contribution in [-0.4, -0.2) is 7.05 Å². The van der Waals surface area contributed by atoms with Crippen molar-refractivity contribution in [1.82, 2.24) is 5.32 Å². The first-order valence-electron chi connectivity index (χ1n) is 5.66. The fourth-order valence-electron chi connectivity index (χ4n) is 1.84. The summed E-state index contributed by atoms with van der Waals surface area (Å²) in [5.74, 6) is 0. The molecule has 3 heteroatoms. The maximum atomic E-state index is 3.60. The van der Waals surface area contributed by atoms with E-state index in [1.54, 1.807) is 0 Å². The molecule has 2 rings (SSSR count). The molecule has 0 radical (unpaired) electrons. The van der Waals surface area contributed by atoms with Crippen molar-refractivity contribution in [2.24, 2.45) is 0 Å². The van der Waals surface area contributed by atoms with Crippen molar-refractivity contribution in [2.75, 3.05) is 7.05 Å². The third-order valence-electron chi connectivity index (χ3n) is 2.93. The lowest BCUT2D eigenvalue weighted by atomic mass is 10.0. The second-order valence-corrected chi connectivity index (χ2v) is 6.02. The van der Waals surface area contributed by atoms with E-state index in [9.17, 15) is 0 Å². The van der Waals surface area contributed by atoms with Crippen LogP contribution < -0.4 is 5.32 Å². The van der Waals surface area contributed by atoms with Crippen molar-refractivity contribution in [3.8, 4) is 0 Å². The minimum atomic E-state index is 0.380. The van der Waals surface area contributed by atoms with Gasteiger partial charge in [-0.1, -0.05) is 34.1 Å². The highest BCUT2D eigenvalue weighted by atomic mass is 79.9. The van der Waals surface area contributed by atoms with Gasteiger partial charge in [-0.05, 0) is 42.6 Å². The van der Waals surface area contributed by atoms with E-state index in [0.717, 1.165) is 6.42 Å². The van der Waals surface area contributed by atoms with E-state index in [0.29, 0.717) is 6.04 Å². The molecule has 17 heavy (non-hydrogen) atoms. The van der Waals surface area contributed by atoms with Crippen molar-refractivity contribution >= 4 is 27.3 Å². The van der Waals surface area contributed by atoms with E-state index in [-0.39, 0.29) is 0 Å². The van der Waals surface area contributed by atoms with Crippen LogP contribution in [0.2, 0.25) is 0 Å². The van der Waals surface area contributed by atoms with Gasteiger partial charge in [-0.2, -0.15) is 0 Å². The van der Waals surface area contributed by atoms with Crippen LogP contribution in [0.4, 0.5) is 0 Å². The first-order chi connectivity index (χ1) is 8.20. The van der Waals surface area contributed by atoms with E-state index in [4.69, 9.17) is 0 Å². The van der Waals surface area contributed by atoms with Gasteiger partial charge in [0, 0.05) is 21.8 Å². The molecule has 1 aromatic heterocycles. The second-order valence-electron chi connectivity index (χ2n) is 4.13. The van der Waals surface area contributed by atoms with Gasteiger partial charge in [-0.15, -0.1) is 11.3 Å². The molecule has 0 aliphatic carbocycles. The molecular formula is C14H16BrNS. The molecule has 90 valence electrons. The third-order valence-corrected chi connectivity index (χ3v) is 4.69. The van der Waals surface area contributed by atoms with Gasteiger partial charge in [0.1, 0.15) is 0 Å². The minimum Gasteiger partial charge on any atom is -0.313 e. The summed E-state index contributed by atoms with van der Waals surface area (Å²) >= 11 is 5.41. The maximum absolute atomic E-state index is 3.60. The zero-order valence-corrected chi connectivity index (χ0v) is 12.4. The fourth-order valence-corrected chi connectivity index (χ4v) is 2.99. The predicted molar refractivity (Wildman–Crippen MR) is 78.7 cm³/mol. The number of benzene rings is 1. The van der Waals surface area contributed by atoms with Crippen LogP contribution in [-0.2, 0) is 6.42 Å². The molecule has 0 saturated carbocycles. The summed E-state index contributed by atoms with van der Waals surface area (Å²) < 4.78 is 1.18. The van der Waals surface area contributed by atoms with E-state index in [1.807, 2.05) is 18.4 Å². The molecule has 0 spiro atoms. The lowest BCUT2D eigenvalue weighted by Crippen LogP contribution is -2.18. The smallest absolute Gasteiger partial charge is 0.0366 e. The molecule has 0 aliphatic heterocycles. The molecule has 1 heterocycles. The standard InChI is InChI=1S/C14H16BrNS/c1-10-5-6-11(8-13(10)15)14(16-2)9-12-4-3-7-17-12/h3-8,14,16H,9H2,1-2H3. The Bertz CT molecular complexity index is 479. The Morgan fingerprint density at radius 1 is 1.35 bits per heavy atom. The summed E-state index contributed by atoms with van der Waals surface area (Å²) in [6.07, 6.45) is 1.05. The van der Waals surface area contributed by atoms with Crippen LogP contribution in [0.3, 0.4) is 0 Å². The molecular weight excluding hydrogens is 294 g/mol. The number of rotatable bonds is 4. The quantitative estimate of drug-likeness (QED) is 0.886. The number of likely N-dealkylation sites (N-methyl/N-ethyl adjacent to an activating group) is 1. The average molecular weight is 310 g/mol. The molecule has 0 fully saturated rings. The molecule has 2 aromatic rings. The van der Waals surface area contributed by atoms with Gasteiger partial charge in [0.05, 0.1) is 0 Å². The van der Waals surface area contributed by atoms with Gasteiger partial charge in [-0.3, -0.25) is 0 Å². The first kappa shape index (κ1) is 12.8. The molecule has 1 aromatic carbocycles. The highest BCUT2D eigenvalue weighted by Gasteiger charge is 2.11. The number of halogens is 1. The van der Waals surface area contributed by atoms with Gasteiger partial charge in [-0.25, -0.2) is 0 Å². The van der Waals surface area contributed by atoms with Crippen LogP contribution in [0.5, 0.6) is 0 Å². The van der Waals surface area contributed by atoms with E-state index in [2.05, 4.69) is 63.9 Å². The largest absolute Gasteiger partial charge is 0.313 e. The Kier molecular flexibility index (Phi) is 4.37. The topological polar surface area (TPSA) is 12.0 Å². The number of hydrogen-bond acceptors (Lipinski definition) is 2. The van der Waals surface area contributed by atoms with Gasteiger partial charge in [0.25, 0.3) is 0 Å². The second kappa shape index (κ2) is 5.80. The van der Waals surface area contributed by atoms with Gasteiger partial charge in [0.15, 0.2) is 0 Å². The van der Waals surface area contributed by atoms with E-state index >= 15 is 0 Å². The summed E-state index contributed by atoms with van der Waals surface area (Å²) in [6.45, 7) is 2.11. The summed E-state index contributed by atoms with van der Waals surface area (Å²) in [6, 6.07) is 11.3. The highest BCUT2D eigenvalue weighted by Crippen LogP contribution is 2.25. The maximum Gasteiger partial charge on any atom is 0.0366 e. The van der Waals surface area contributed by atoms with E-state index < -0.39 is 0 Å². The molecule has 1 atom stereocenters. The SMILES string of the molecule is CNC(Cc1cccs1)c1ccc(C)c(Br)c1. The Labute approximate surface area is 115 Å². The summed E-state index contributed by atoms with van der Waals surface area (Å²) in [5, 5.41) is 5.52. The molecule has 0 aliphatic rings. The fraction of sp³-hybridized carbons (Fsp3) is 0.286. The summed E-state index contributed by atoms with van der Waals surface area (Å²) in [4.78, 5) is 1.42. The third kappa shape index (κ3) is 3.18. The zero-order valence-electron chi connectivity index (χ0n) is 10.0. The summed E-state index contributed by atoms with van der Waals surface area (Å²) in [5.41, 5.74) is 2.61. The number of thiophene rings is 1. The average Bonchev–Trinajstić information content (AvgIpc) is 2.82. The lowest BCUT2D eigenvalue weighted by Gasteiger charge is -2.16. The lowest BCUT2D eigenvalue weighted by molar-refractivity contribution is 0.596. The van der Waals surface area contributed by atoms with Gasteiger partial charge >= 0.3 is 0 Å². The normalized spacial score (nSPS) is 12.6. The Hall–Kier alpha value is -0.640. The van der Waals surface area contributed by atoms with Crippen molar-refractivity contribution in [3.63, 3.8) is 0 Å². The van der Waals surface area contributed by atoms with Gasteiger partial charge < -0.3 is 5.32 Å². The van der Waals surface area contributed by atoms with Crippen molar-refractivity contribution in [1.29, 1.82) is 0 Å². The number of hydrogen-bond donors (Lipinski definition) is 1. The number of aryl methyl sites for hydroxylation is 1. The molecule has 0 saturated heterocycles. The number of nitrogens with one attached hydrogen (secondary N) is 1. The van der Waals surface area contributed by atoms with Gasteiger partial charge in [0.2, 0.25) is 0 Å². The van der Waals surface area contributed by atoms with Crippen LogP contribution in [0.1, 0.15) is 22.0 Å². The Morgan fingerprint density at radius 3 is 2.76 bits per heavy atom. The van der Waals surface area contributed by atoms with Crippen molar-refractivity contribution in [3.05, 3.63) is 56.2 Å². The van der Waals surface area contributed by atoms with E-state index in [1.165, 1.54) is 20.5 Å². The monoisotopic (exact) mass is 309 g/mol. The van der Waals surface area contributed by atoms with Crippen LogP contribution in [0.15, 0.2) is 40.2 Å². The predicted octanol–water partition coefficient (Wildman–Crippen LogP) is 4.32. The Morgan fingerprint density at radius 2 is 2.18 bits per heavy atom. The molecule has 0 bridgehead atoms. The summed E-state index contributed by atoms with van der Waals surface area (Å²) in [7, 11) is 2.02. The van der Waals surface area contributed by atoms with Crippen LogP contribution >= 0.6 is 27.3 Å². The molecule has 1 nitrogen and oxygen atoms in total. The van der Waals surface area contributed by atoms with Crippen molar-refractivity contribution < 1.29 is 0 Å². The van der Waals surface area contributed by atoms with Crippen molar-refractivity contribution in [2.45, 2.75) is 19.4 Å². The Balaban J connectivity index is 2.20. The van der Waals surface area contributed by atoms with Crippen LogP contribution in [0.25, 0.3) is 0 Å². The molecule has 1 N–H and O–H groups in total. The molecule has 1 unspecified atom stereocenters. The highest BCUT2D eigenvalue weighted by molar-refractivity contribution is 9.10. The zero-order chi connectivity index (χ0) is 12.3. The molecule has 0 amide bonds. The minimum absolute atomic E-state index is 0.380.